The maximum Gasteiger partial charge on any atom is 0.317 e. The minimum Gasteiger partial charge on any atom is -0.335 e. The number of rotatable bonds is 3. The van der Waals surface area contributed by atoms with Crippen molar-refractivity contribution in [2.75, 3.05) is 13.6 Å². The number of carbonyl (C=O) groups excluding carboxylic acids is 2. The second-order valence-corrected chi connectivity index (χ2v) is 3.78. The Balaban J connectivity index is 2.27. The van der Waals surface area contributed by atoms with E-state index >= 15 is 0 Å². The van der Waals surface area contributed by atoms with E-state index in [1.165, 1.54) is 24.2 Å². The van der Waals surface area contributed by atoms with Crippen LogP contribution in [0.15, 0.2) is 0 Å². The van der Waals surface area contributed by atoms with Crippen LogP contribution in [0.3, 0.4) is 0 Å². The molecule has 1 rings (SSSR count). The van der Waals surface area contributed by atoms with Gasteiger partial charge in [-0.15, -0.1) is 0 Å². The molecular weight excluding hydrogens is 180 g/mol. The fraction of sp³-hybridized carbons (Fsp3) is 0.800. The average Bonchev–Trinajstić information content (AvgIpc) is 2.19. The van der Waals surface area contributed by atoms with Gasteiger partial charge in [-0.3, -0.25) is 4.79 Å². The van der Waals surface area contributed by atoms with E-state index in [4.69, 9.17) is 0 Å². The number of nitrogens with zero attached hydrogens (tertiary/aromatic N) is 1. The minimum atomic E-state index is -0.166. The van der Waals surface area contributed by atoms with Crippen molar-refractivity contribution >= 4 is 12.3 Å². The molecule has 14 heavy (non-hydrogen) atoms. The van der Waals surface area contributed by atoms with Crippen LogP contribution < -0.4 is 5.32 Å². The Morgan fingerprint density at radius 2 is 2.07 bits per heavy atom. The molecule has 0 aromatic heterocycles. The third-order valence-electron chi connectivity index (χ3n) is 2.58. The van der Waals surface area contributed by atoms with E-state index < -0.39 is 0 Å². The quantitative estimate of drug-likeness (QED) is 0.735. The van der Waals surface area contributed by atoms with Gasteiger partial charge in [0.05, 0.1) is 6.54 Å². The van der Waals surface area contributed by atoms with Gasteiger partial charge in [0.25, 0.3) is 0 Å². The molecule has 2 amide bonds. The van der Waals surface area contributed by atoms with Crippen LogP contribution in [-0.2, 0) is 4.79 Å². The molecule has 4 heteroatoms. The van der Waals surface area contributed by atoms with Crippen molar-refractivity contribution in [2.24, 2.45) is 0 Å². The van der Waals surface area contributed by atoms with Gasteiger partial charge in [0.15, 0.2) is 0 Å². The van der Waals surface area contributed by atoms with Crippen LogP contribution in [0, 0.1) is 0 Å². The molecule has 0 aromatic rings. The van der Waals surface area contributed by atoms with Gasteiger partial charge < -0.3 is 10.2 Å². The Kier molecular flexibility index (Phi) is 4.43. The number of hydrogen-bond acceptors (Lipinski definition) is 2. The Morgan fingerprint density at radius 3 is 2.64 bits per heavy atom. The Morgan fingerprint density at radius 1 is 1.43 bits per heavy atom. The lowest BCUT2D eigenvalue weighted by atomic mass is 9.96. The van der Waals surface area contributed by atoms with Crippen molar-refractivity contribution in [1.82, 2.24) is 10.2 Å². The second kappa shape index (κ2) is 5.62. The Labute approximate surface area is 84.7 Å². The number of carbonyl (C=O) groups is 1. The van der Waals surface area contributed by atoms with E-state index in [0.717, 1.165) is 12.8 Å². The summed E-state index contributed by atoms with van der Waals surface area (Å²) in [5.74, 6) is 0. The van der Waals surface area contributed by atoms with Crippen molar-refractivity contribution in [3.63, 3.8) is 0 Å². The maximum atomic E-state index is 11.4. The topological polar surface area (TPSA) is 49.4 Å². The first kappa shape index (κ1) is 11.0. The molecule has 1 fully saturated rings. The summed E-state index contributed by atoms with van der Waals surface area (Å²) in [6.45, 7) is 0.0402. The summed E-state index contributed by atoms with van der Waals surface area (Å²) in [7, 11) is 1.60. The van der Waals surface area contributed by atoms with Crippen molar-refractivity contribution in [2.45, 2.75) is 38.1 Å². The van der Waals surface area contributed by atoms with Crippen LogP contribution in [0.25, 0.3) is 0 Å². The van der Waals surface area contributed by atoms with Gasteiger partial charge in [0, 0.05) is 13.1 Å². The summed E-state index contributed by atoms with van der Waals surface area (Å²) in [5, 5.41) is 2.91. The number of nitrogens with one attached hydrogen (secondary N) is 1. The molecule has 79 valence electrons. The largest absolute Gasteiger partial charge is 0.335 e. The number of urea groups is 1. The van der Waals surface area contributed by atoms with Crippen molar-refractivity contribution in [3.05, 3.63) is 0 Å². The van der Waals surface area contributed by atoms with Crippen molar-refractivity contribution in [1.29, 1.82) is 0 Å². The molecule has 0 spiro atoms. The lowest BCUT2D eigenvalue weighted by Crippen LogP contribution is -2.44. The zero-order valence-corrected chi connectivity index (χ0v) is 8.58. The highest BCUT2D eigenvalue weighted by atomic mass is 16.2. The van der Waals surface area contributed by atoms with Crippen LogP contribution in [0.4, 0.5) is 4.79 Å². The van der Waals surface area contributed by atoms with Gasteiger partial charge in [-0.25, -0.2) is 4.79 Å². The molecule has 1 saturated carbocycles. The zero-order valence-electron chi connectivity index (χ0n) is 8.58. The molecule has 1 N–H and O–H groups in total. The van der Waals surface area contributed by atoms with Gasteiger partial charge in [0.2, 0.25) is 6.29 Å². The molecular formula is C10H17N2O2. The molecule has 0 atom stereocenters. The molecule has 0 heterocycles. The standard InChI is InChI=1S/C10H17N2O2/c1-12(7-8-13)10(14)11-9-5-3-2-4-6-9/h9H,2-7H2,1H3,(H,11,14). The summed E-state index contributed by atoms with van der Waals surface area (Å²) < 4.78 is 0. The molecule has 4 nitrogen and oxygen atoms in total. The molecule has 1 aliphatic carbocycles. The van der Waals surface area contributed by atoms with Crippen LogP contribution in [0.1, 0.15) is 32.1 Å². The number of amides is 2. The van der Waals surface area contributed by atoms with E-state index in [2.05, 4.69) is 5.32 Å². The minimum absolute atomic E-state index is 0.0402. The summed E-state index contributed by atoms with van der Waals surface area (Å²) in [6, 6.07) is 0.130. The smallest absolute Gasteiger partial charge is 0.317 e. The van der Waals surface area contributed by atoms with Gasteiger partial charge in [-0.2, -0.15) is 0 Å². The van der Waals surface area contributed by atoms with E-state index in [1.54, 1.807) is 13.3 Å². The van der Waals surface area contributed by atoms with Crippen molar-refractivity contribution in [3.8, 4) is 0 Å². The number of hydrogen-bond donors (Lipinski definition) is 1. The summed E-state index contributed by atoms with van der Waals surface area (Å²) in [4.78, 5) is 22.9. The molecule has 1 aliphatic rings. The lowest BCUT2D eigenvalue weighted by molar-refractivity contribution is 0.205. The van der Waals surface area contributed by atoms with Crippen LogP contribution >= 0.6 is 0 Å². The highest BCUT2D eigenvalue weighted by Gasteiger charge is 2.17. The van der Waals surface area contributed by atoms with E-state index in [-0.39, 0.29) is 12.6 Å². The third kappa shape index (κ3) is 3.36. The lowest BCUT2D eigenvalue weighted by Gasteiger charge is -2.25. The Hall–Kier alpha value is -1.06. The number of likely N-dealkylation sites (N-methyl/N-ethyl adjacent to an activating group) is 1. The normalized spacial score (nSPS) is 17.5. The third-order valence-corrected chi connectivity index (χ3v) is 2.58. The fourth-order valence-corrected chi connectivity index (χ4v) is 1.70. The Bertz CT molecular complexity index is 200. The predicted molar refractivity (Wildman–Crippen MR) is 53.7 cm³/mol. The molecule has 0 unspecified atom stereocenters. The molecule has 0 saturated heterocycles. The van der Waals surface area contributed by atoms with E-state index in [9.17, 15) is 9.59 Å². The van der Waals surface area contributed by atoms with Crippen molar-refractivity contribution < 1.29 is 9.59 Å². The average molecular weight is 197 g/mol. The molecule has 0 bridgehead atoms. The summed E-state index contributed by atoms with van der Waals surface area (Å²) in [5.41, 5.74) is 0. The highest BCUT2D eigenvalue weighted by molar-refractivity contribution is 5.76. The van der Waals surface area contributed by atoms with Gasteiger partial charge in [-0.1, -0.05) is 19.3 Å². The first-order chi connectivity index (χ1) is 6.74. The van der Waals surface area contributed by atoms with Gasteiger partial charge in [0.1, 0.15) is 0 Å². The first-order valence-electron chi connectivity index (χ1n) is 5.10. The second-order valence-electron chi connectivity index (χ2n) is 3.78. The van der Waals surface area contributed by atoms with Crippen LogP contribution in [0.2, 0.25) is 0 Å². The zero-order chi connectivity index (χ0) is 10.4. The predicted octanol–water partition coefficient (Wildman–Crippen LogP) is 1.07. The van der Waals surface area contributed by atoms with Gasteiger partial charge in [-0.05, 0) is 12.8 Å². The fourth-order valence-electron chi connectivity index (χ4n) is 1.70. The van der Waals surface area contributed by atoms with Gasteiger partial charge >= 0.3 is 6.03 Å². The van der Waals surface area contributed by atoms with E-state index in [0.29, 0.717) is 6.04 Å². The van der Waals surface area contributed by atoms with Crippen LogP contribution in [-0.4, -0.2) is 36.9 Å². The summed E-state index contributed by atoms with van der Waals surface area (Å²) in [6.07, 6.45) is 7.47. The van der Waals surface area contributed by atoms with E-state index in [1.807, 2.05) is 0 Å². The maximum absolute atomic E-state index is 11.4. The first-order valence-corrected chi connectivity index (χ1v) is 5.10. The monoisotopic (exact) mass is 197 g/mol. The molecule has 1 radical (unpaired) electrons. The highest BCUT2D eigenvalue weighted by Crippen LogP contribution is 2.17. The SMILES string of the molecule is CN(C[C]=O)C(=O)NC1CCCCC1. The molecule has 0 aliphatic heterocycles. The van der Waals surface area contributed by atoms with Crippen LogP contribution in [0.5, 0.6) is 0 Å². The molecule has 0 aromatic carbocycles. The summed E-state index contributed by atoms with van der Waals surface area (Å²) >= 11 is 0.